The van der Waals surface area contributed by atoms with E-state index in [2.05, 4.69) is 31.9 Å². The van der Waals surface area contributed by atoms with Crippen LogP contribution in [-0.4, -0.2) is 149 Å². The van der Waals surface area contributed by atoms with Crippen molar-refractivity contribution in [2.24, 2.45) is 14.1 Å². The lowest BCUT2D eigenvalue weighted by molar-refractivity contribution is 0.0826. The van der Waals surface area contributed by atoms with E-state index in [1.807, 2.05) is 13.8 Å². The van der Waals surface area contributed by atoms with Gasteiger partial charge in [-0.15, -0.1) is 0 Å². The van der Waals surface area contributed by atoms with Crippen LogP contribution in [0.2, 0.25) is 0 Å². The number of aromatic nitrogens is 6. The van der Waals surface area contributed by atoms with Crippen molar-refractivity contribution in [3.05, 3.63) is 166 Å². The number of carbonyl (C=O) groups is 6. The average molecular weight is 1320 g/mol. The molecule has 0 unspecified atom stereocenters. The van der Waals surface area contributed by atoms with E-state index in [0.29, 0.717) is 59.0 Å². The molecule has 0 aromatic carbocycles. The summed E-state index contributed by atoms with van der Waals surface area (Å²) in [6.45, 7) is 22.2. The van der Waals surface area contributed by atoms with E-state index in [-0.39, 0.29) is 87.4 Å². The second-order valence-electron chi connectivity index (χ2n) is 20.5. The first-order valence-corrected chi connectivity index (χ1v) is 28.9. The van der Waals surface area contributed by atoms with Crippen LogP contribution in [0.4, 0.5) is 0 Å². The molecule has 6 amide bonds. The number of nitrogens with zero attached hydrogens (tertiary/aromatic N) is 6. The van der Waals surface area contributed by atoms with E-state index >= 15 is 0 Å². The van der Waals surface area contributed by atoms with Gasteiger partial charge in [0.2, 0.25) is 0 Å². The van der Waals surface area contributed by atoms with E-state index < -0.39 is 68.8 Å². The molecule has 0 aliphatic carbocycles. The van der Waals surface area contributed by atoms with E-state index in [1.54, 1.807) is 82.5 Å². The van der Waals surface area contributed by atoms with Crippen LogP contribution in [0.15, 0.2) is 59.6 Å². The van der Waals surface area contributed by atoms with Crippen molar-refractivity contribution in [2.75, 3.05) is 55.5 Å². The Kier molecular flexibility index (Phi) is 31.9. The van der Waals surface area contributed by atoms with Gasteiger partial charge >= 0.3 is 0 Å². The molecule has 32 heteroatoms. The van der Waals surface area contributed by atoms with Gasteiger partial charge in [-0.25, -0.2) is 0 Å². The van der Waals surface area contributed by atoms with Gasteiger partial charge in [0.1, 0.15) is 81.3 Å². The van der Waals surface area contributed by atoms with E-state index in [1.165, 1.54) is 101 Å². The Bertz CT molecular complexity index is 4150. The van der Waals surface area contributed by atoms with Gasteiger partial charge in [0, 0.05) is 152 Å². The molecule has 516 valence electrons. The van der Waals surface area contributed by atoms with Gasteiger partial charge in [-0.05, 0) is 83.1 Å². The summed E-state index contributed by atoms with van der Waals surface area (Å²) < 4.78 is 18.2. The van der Waals surface area contributed by atoms with Crippen molar-refractivity contribution in [2.45, 2.75) is 109 Å². The number of pyridine rings is 6. The second kappa shape index (κ2) is 36.9. The van der Waals surface area contributed by atoms with Crippen LogP contribution < -0.4 is 65.3 Å². The topological polar surface area (TPSA) is 446 Å². The molecular formula is C62H88N12O20. The second-order valence-corrected chi connectivity index (χ2v) is 20.5. The number of carbonyl (C=O) groups excluding carboxylic acids is 6. The molecular weight excluding hydrogens is 1230 g/mol. The number of amides is 6. The highest BCUT2D eigenvalue weighted by molar-refractivity contribution is 5.99. The maximum atomic E-state index is 12.0. The number of hydrogen-bond acceptors (Lipinski definition) is 20. The number of aryl methyl sites for hydroxylation is 7. The van der Waals surface area contributed by atoms with Gasteiger partial charge in [0.15, 0.2) is 0 Å². The third-order valence-corrected chi connectivity index (χ3v) is 13.9. The summed E-state index contributed by atoms with van der Waals surface area (Å²) in [5.74, 6) is -5.11. The monoisotopic (exact) mass is 1320 g/mol. The summed E-state index contributed by atoms with van der Waals surface area (Å²) >= 11 is 0. The maximum Gasteiger partial charge on any atom is 0.269 e. The molecule has 0 atom stereocenters. The van der Waals surface area contributed by atoms with Crippen molar-refractivity contribution >= 4 is 35.4 Å². The van der Waals surface area contributed by atoms with Crippen molar-refractivity contribution < 1.29 is 68.9 Å². The van der Waals surface area contributed by atoms with Crippen LogP contribution in [0, 0.1) is 48.5 Å². The third-order valence-electron chi connectivity index (χ3n) is 13.9. The highest BCUT2D eigenvalue weighted by Crippen LogP contribution is 2.23. The molecule has 0 saturated carbocycles. The first-order valence-electron chi connectivity index (χ1n) is 28.9. The number of nitrogens with one attached hydrogen (secondary N) is 6. The molecule has 6 aromatic heterocycles. The van der Waals surface area contributed by atoms with Crippen LogP contribution >= 0.6 is 0 Å². The molecule has 0 fully saturated rings. The summed E-state index contributed by atoms with van der Waals surface area (Å²) in [7, 11) is 11.5. The molecule has 0 radical (unpaired) electrons. The van der Waals surface area contributed by atoms with E-state index in [9.17, 15) is 88.2 Å². The fourth-order valence-corrected chi connectivity index (χ4v) is 8.25. The standard InChI is InChI=1S/2C11H16N2O4.C11H16N2O3.2C10H14N2O3.C9H12N2O3/c1-4-17-6-13-5-7(2)9(14)8(11(13)16)10(15)12-3;1-4-17-6-13-7(2)5-8(14)9(11(13)16)10(15)12-3;1-6(2)13-5-7(3)9(14)8(11(13)16)10(15)12-4;1-5-6(2)12(4)10(15)7(8(5)13)9(14)11-3;1-4-12-5-6(2)8(13)7(10(12)15)9(14)11-3;1-5-4-11(3)9(14)6(7(5)12)8(13)10-2/h2*5,14H,4,6H2,1-3H3,(H,12,15);5-6,14H,1-4H3,(H,12,15);13H,1-4H3,(H,11,14);5,13H,4H2,1-3H3,(H,11,14);4,12H,1-3H3,(H,10,13). The minimum Gasteiger partial charge on any atom is -0.507 e. The zero-order valence-corrected chi connectivity index (χ0v) is 56.6. The summed E-state index contributed by atoms with van der Waals surface area (Å²) in [5, 5.41) is 71.8. The Morgan fingerprint density at radius 3 is 1.17 bits per heavy atom. The molecule has 6 heterocycles. The van der Waals surface area contributed by atoms with Crippen molar-refractivity contribution in [3.63, 3.8) is 0 Å². The van der Waals surface area contributed by atoms with Gasteiger partial charge in [-0.3, -0.25) is 66.7 Å². The SMILES string of the molecule is CCOCn1c(C)cc(O)c(C(=O)NC)c1=O.CCOCn1cc(C)c(O)c(C(=O)NC)c1=O.CCn1cc(C)c(O)c(C(=O)NC)c1=O.CNC(=O)c1c(O)c(C)c(C)n(C)c1=O.CNC(=O)c1c(O)c(C)cn(C(C)C)c1=O.CNC(=O)c1c(O)c(C)cn(C)c1=O. The van der Waals surface area contributed by atoms with E-state index in [4.69, 9.17) is 9.47 Å². The zero-order chi connectivity index (χ0) is 72.7. The first kappa shape index (κ1) is 81.3. The smallest absolute Gasteiger partial charge is 0.269 e. The number of rotatable bonds is 14. The van der Waals surface area contributed by atoms with Gasteiger partial charge in [0.25, 0.3) is 68.8 Å². The molecule has 0 saturated heterocycles. The molecule has 0 aliphatic heterocycles. The third kappa shape index (κ3) is 19.6. The minimum atomic E-state index is -0.613. The quantitative estimate of drug-likeness (QED) is 0.0731. The Balaban J connectivity index is 0.000000565. The lowest BCUT2D eigenvalue weighted by atomic mass is 10.1. The molecule has 0 bridgehead atoms. The number of hydrogen-bond donors (Lipinski definition) is 12. The van der Waals surface area contributed by atoms with Gasteiger partial charge in [0.05, 0.1) is 0 Å². The van der Waals surface area contributed by atoms with E-state index in [0.717, 1.165) is 0 Å². The Morgan fingerprint density at radius 1 is 0.436 bits per heavy atom. The normalized spacial score (nSPS) is 10.2. The van der Waals surface area contributed by atoms with Crippen molar-refractivity contribution in [3.8, 4) is 34.5 Å². The van der Waals surface area contributed by atoms with Gasteiger partial charge in [-0.1, -0.05) is 0 Å². The van der Waals surface area contributed by atoms with Gasteiger partial charge < -0.3 is 90.3 Å². The fraction of sp³-hybridized carbons (Fsp3) is 0.419. The van der Waals surface area contributed by atoms with Crippen LogP contribution in [0.25, 0.3) is 0 Å². The summed E-state index contributed by atoms with van der Waals surface area (Å²) in [5.41, 5.74) is -0.736. The van der Waals surface area contributed by atoms with Crippen LogP contribution in [0.5, 0.6) is 34.5 Å². The fourth-order valence-electron chi connectivity index (χ4n) is 8.25. The Hall–Kier alpha value is -10.8. The molecule has 32 nitrogen and oxygen atoms in total. The predicted molar refractivity (Wildman–Crippen MR) is 349 cm³/mol. The van der Waals surface area contributed by atoms with Crippen LogP contribution in [0.3, 0.4) is 0 Å². The molecule has 12 N–H and O–H groups in total. The highest BCUT2D eigenvalue weighted by Gasteiger charge is 2.24. The number of ether oxygens (including phenoxy) is 2. The molecule has 0 spiro atoms. The van der Waals surface area contributed by atoms with Gasteiger partial charge in [-0.2, -0.15) is 0 Å². The summed E-state index contributed by atoms with van der Waals surface area (Å²) in [6.07, 6.45) is 6.02. The Morgan fingerprint density at radius 2 is 0.777 bits per heavy atom. The summed E-state index contributed by atoms with van der Waals surface area (Å²) in [4.78, 5) is 139. The Labute approximate surface area is 540 Å². The molecule has 6 aromatic rings. The first-order chi connectivity index (χ1) is 43.9. The maximum absolute atomic E-state index is 12.0. The molecule has 94 heavy (non-hydrogen) atoms. The van der Waals surface area contributed by atoms with Crippen molar-refractivity contribution in [1.82, 2.24) is 59.3 Å². The lowest BCUT2D eigenvalue weighted by Crippen LogP contribution is -2.33. The van der Waals surface area contributed by atoms with Crippen molar-refractivity contribution in [1.29, 1.82) is 0 Å². The zero-order valence-electron chi connectivity index (χ0n) is 56.6. The largest absolute Gasteiger partial charge is 0.507 e. The van der Waals surface area contributed by atoms with Crippen LogP contribution in [0.1, 0.15) is 142 Å². The highest BCUT2D eigenvalue weighted by atomic mass is 16.5. The predicted octanol–water partition coefficient (Wildman–Crippen LogP) is 1.30. The minimum absolute atomic E-state index is 0.0560. The average Bonchev–Trinajstić information content (AvgIpc) is 0.843. The molecule has 6 rings (SSSR count). The van der Waals surface area contributed by atoms with Crippen LogP contribution in [-0.2, 0) is 43.6 Å². The molecule has 0 aliphatic rings. The number of aromatic hydroxyl groups is 6. The summed E-state index contributed by atoms with van der Waals surface area (Å²) in [6, 6.07) is 1.31. The lowest BCUT2D eigenvalue weighted by Gasteiger charge is -2.14.